The Morgan fingerprint density at radius 1 is 1.00 bits per heavy atom. The van der Waals surface area contributed by atoms with Crippen LogP contribution >= 0.6 is 11.6 Å². The zero-order valence-electron chi connectivity index (χ0n) is 11.0. The second-order valence-corrected chi connectivity index (χ2v) is 6.14. The molecule has 2 rings (SSSR count). The van der Waals surface area contributed by atoms with Crippen LogP contribution in [0.2, 0.25) is 5.02 Å². The minimum Gasteiger partial charge on any atom is -0.258 e. The third-order valence-electron chi connectivity index (χ3n) is 2.81. The first kappa shape index (κ1) is 16.1. The van der Waals surface area contributed by atoms with Crippen LogP contribution in [0.4, 0.5) is 11.4 Å². The fourth-order valence-electron chi connectivity index (χ4n) is 1.76. The van der Waals surface area contributed by atoms with Crippen molar-refractivity contribution in [1.82, 2.24) is 0 Å². The Kier molecular flexibility index (Phi) is 4.84. The number of hydrogen-bond donors (Lipinski definition) is 0. The fraction of sp³-hybridized carbons (Fsp3) is 0.0769. The van der Waals surface area contributed by atoms with E-state index in [1.54, 1.807) is 24.3 Å². The maximum atomic E-state index is 12.3. The molecule has 0 spiro atoms. The van der Waals surface area contributed by atoms with Crippen LogP contribution in [0.5, 0.6) is 0 Å². The Hall–Kier alpha value is -2.32. The summed E-state index contributed by atoms with van der Waals surface area (Å²) in [6.07, 6.45) is 0. The minimum absolute atomic E-state index is 0.0504. The largest absolute Gasteiger partial charge is 0.292 e. The summed E-state index contributed by atoms with van der Waals surface area (Å²) in [7, 11) is -1.70. The quantitative estimate of drug-likeness (QED) is 0.612. The van der Waals surface area contributed by atoms with Gasteiger partial charge in [-0.25, -0.2) is 0 Å². The van der Waals surface area contributed by atoms with E-state index in [0.29, 0.717) is 10.6 Å². The highest BCUT2D eigenvalue weighted by Gasteiger charge is 2.23. The predicted molar refractivity (Wildman–Crippen MR) is 81.3 cm³/mol. The monoisotopic (exact) mass is 340 g/mol. The van der Waals surface area contributed by atoms with E-state index < -0.39 is 32.0 Å². The third kappa shape index (κ3) is 3.66. The van der Waals surface area contributed by atoms with Crippen LogP contribution in [0.25, 0.3) is 0 Å². The molecule has 0 saturated heterocycles. The van der Waals surface area contributed by atoms with Crippen molar-refractivity contribution in [2.45, 2.75) is 10.6 Å². The molecule has 0 heterocycles. The standard InChI is InChI=1S/C13H9ClN2O5S/c14-10-3-1-9(2-4-10)8-22(21)13-6-5-11(15(17)18)7-12(13)16(19)20/h1-7H,8H2. The van der Waals surface area contributed by atoms with Gasteiger partial charge in [-0.1, -0.05) is 23.7 Å². The molecule has 0 radical (unpaired) electrons. The molecule has 0 amide bonds. The lowest BCUT2D eigenvalue weighted by Crippen LogP contribution is -2.02. The highest BCUT2D eigenvalue weighted by Crippen LogP contribution is 2.28. The van der Waals surface area contributed by atoms with Crippen LogP contribution < -0.4 is 0 Å². The number of benzene rings is 2. The van der Waals surface area contributed by atoms with E-state index in [1.807, 2.05) is 0 Å². The van der Waals surface area contributed by atoms with Gasteiger partial charge in [0.2, 0.25) is 0 Å². The van der Waals surface area contributed by atoms with Gasteiger partial charge in [-0.15, -0.1) is 0 Å². The maximum Gasteiger partial charge on any atom is 0.292 e. The van der Waals surface area contributed by atoms with Gasteiger partial charge < -0.3 is 0 Å². The van der Waals surface area contributed by atoms with E-state index in [1.165, 1.54) is 0 Å². The SMILES string of the molecule is O=[N+]([O-])c1ccc(S(=O)Cc2ccc(Cl)cc2)c([N+](=O)[O-])c1. The van der Waals surface area contributed by atoms with Crippen LogP contribution in [-0.2, 0) is 16.6 Å². The molecular formula is C13H9ClN2O5S. The molecule has 0 aliphatic rings. The Labute approximate surface area is 132 Å². The van der Waals surface area contributed by atoms with Crippen molar-refractivity contribution in [3.05, 3.63) is 73.3 Å². The zero-order valence-corrected chi connectivity index (χ0v) is 12.5. The van der Waals surface area contributed by atoms with Gasteiger partial charge in [-0.3, -0.25) is 24.4 Å². The topological polar surface area (TPSA) is 103 Å². The van der Waals surface area contributed by atoms with Crippen LogP contribution in [0.3, 0.4) is 0 Å². The van der Waals surface area contributed by atoms with Crippen molar-refractivity contribution >= 4 is 33.8 Å². The molecule has 0 bridgehead atoms. The van der Waals surface area contributed by atoms with Gasteiger partial charge in [0.15, 0.2) is 0 Å². The summed E-state index contributed by atoms with van der Waals surface area (Å²) in [4.78, 5) is 20.1. The van der Waals surface area contributed by atoms with Gasteiger partial charge in [0, 0.05) is 11.1 Å². The molecule has 2 aromatic carbocycles. The predicted octanol–water partition coefficient (Wildman–Crippen LogP) is 3.46. The molecule has 114 valence electrons. The number of non-ortho nitro benzene ring substituents is 1. The molecule has 9 heteroatoms. The normalized spacial score (nSPS) is 11.9. The van der Waals surface area contributed by atoms with Gasteiger partial charge >= 0.3 is 0 Å². The molecular weight excluding hydrogens is 332 g/mol. The van der Waals surface area contributed by atoms with E-state index >= 15 is 0 Å². The summed E-state index contributed by atoms with van der Waals surface area (Å²) < 4.78 is 12.3. The molecule has 1 atom stereocenters. The molecule has 1 unspecified atom stereocenters. The van der Waals surface area contributed by atoms with Crippen molar-refractivity contribution in [1.29, 1.82) is 0 Å². The molecule has 0 aliphatic heterocycles. The summed E-state index contributed by atoms with van der Waals surface area (Å²) in [5, 5.41) is 22.2. The van der Waals surface area contributed by atoms with Crippen LogP contribution in [0.15, 0.2) is 47.4 Å². The van der Waals surface area contributed by atoms with Gasteiger partial charge in [0.1, 0.15) is 4.90 Å². The average Bonchev–Trinajstić information content (AvgIpc) is 2.48. The van der Waals surface area contributed by atoms with Gasteiger partial charge in [0.05, 0.1) is 32.5 Å². The molecule has 2 aromatic rings. The highest BCUT2D eigenvalue weighted by molar-refractivity contribution is 7.84. The smallest absolute Gasteiger partial charge is 0.258 e. The molecule has 22 heavy (non-hydrogen) atoms. The molecule has 0 saturated carbocycles. The summed E-state index contributed by atoms with van der Waals surface area (Å²) >= 11 is 5.75. The number of hydrogen-bond acceptors (Lipinski definition) is 5. The summed E-state index contributed by atoms with van der Waals surface area (Å²) in [6, 6.07) is 9.64. The van der Waals surface area contributed by atoms with Crippen LogP contribution in [0.1, 0.15) is 5.56 Å². The van der Waals surface area contributed by atoms with Gasteiger partial charge in [-0.05, 0) is 23.8 Å². The lowest BCUT2D eigenvalue weighted by molar-refractivity contribution is -0.396. The third-order valence-corrected chi connectivity index (χ3v) is 4.49. The lowest BCUT2D eigenvalue weighted by Gasteiger charge is -2.04. The van der Waals surface area contributed by atoms with Gasteiger partial charge in [0.25, 0.3) is 11.4 Å². The Morgan fingerprint density at radius 2 is 1.64 bits per heavy atom. The molecule has 0 aliphatic carbocycles. The molecule has 0 aromatic heterocycles. The van der Waals surface area contributed by atoms with Gasteiger partial charge in [-0.2, -0.15) is 0 Å². The molecule has 0 N–H and O–H groups in total. The Morgan fingerprint density at radius 3 is 2.18 bits per heavy atom. The van der Waals surface area contributed by atoms with E-state index in [4.69, 9.17) is 11.6 Å². The van der Waals surface area contributed by atoms with Crippen molar-refractivity contribution in [2.75, 3.05) is 0 Å². The number of nitrogens with zero attached hydrogens (tertiary/aromatic N) is 2. The summed E-state index contributed by atoms with van der Waals surface area (Å²) in [6.45, 7) is 0. The first-order chi connectivity index (χ1) is 10.4. The van der Waals surface area contributed by atoms with Crippen LogP contribution in [0, 0.1) is 20.2 Å². The Bertz CT molecular complexity index is 764. The van der Waals surface area contributed by atoms with E-state index in [0.717, 1.165) is 18.2 Å². The maximum absolute atomic E-state index is 12.3. The first-order valence-corrected chi connectivity index (χ1v) is 7.64. The number of halogens is 1. The number of nitro groups is 2. The molecule has 0 fully saturated rings. The number of nitro benzene ring substituents is 2. The van der Waals surface area contributed by atoms with Crippen molar-refractivity contribution in [3.63, 3.8) is 0 Å². The van der Waals surface area contributed by atoms with E-state index in [2.05, 4.69) is 0 Å². The van der Waals surface area contributed by atoms with Crippen molar-refractivity contribution < 1.29 is 14.1 Å². The highest BCUT2D eigenvalue weighted by atomic mass is 35.5. The van der Waals surface area contributed by atoms with E-state index in [-0.39, 0.29) is 10.6 Å². The Balaban J connectivity index is 2.34. The van der Waals surface area contributed by atoms with Crippen molar-refractivity contribution in [2.24, 2.45) is 0 Å². The lowest BCUT2D eigenvalue weighted by atomic mass is 10.2. The molecule has 7 nitrogen and oxygen atoms in total. The second kappa shape index (κ2) is 6.63. The van der Waals surface area contributed by atoms with Crippen LogP contribution in [-0.4, -0.2) is 14.1 Å². The summed E-state index contributed by atoms with van der Waals surface area (Å²) in [5.41, 5.74) is -0.254. The summed E-state index contributed by atoms with van der Waals surface area (Å²) in [5.74, 6) is 0.0514. The zero-order chi connectivity index (χ0) is 16.3. The first-order valence-electron chi connectivity index (χ1n) is 5.94. The fourth-order valence-corrected chi connectivity index (χ4v) is 3.13. The van der Waals surface area contributed by atoms with Crippen molar-refractivity contribution in [3.8, 4) is 0 Å². The minimum atomic E-state index is -1.70. The second-order valence-electron chi connectivity index (χ2n) is 4.28. The van der Waals surface area contributed by atoms with E-state index in [9.17, 15) is 24.4 Å². The number of rotatable bonds is 5. The average molecular weight is 341 g/mol.